The fourth-order valence-corrected chi connectivity index (χ4v) is 5.05. The Morgan fingerprint density at radius 1 is 1.23 bits per heavy atom. The van der Waals surface area contributed by atoms with E-state index in [0.717, 1.165) is 18.0 Å². The summed E-state index contributed by atoms with van der Waals surface area (Å²) in [6.07, 6.45) is 0.0846. The van der Waals surface area contributed by atoms with Crippen LogP contribution in [0.25, 0.3) is 0 Å². The summed E-state index contributed by atoms with van der Waals surface area (Å²) < 4.78 is 60.5. The first-order chi connectivity index (χ1) is 12.9. The van der Waals surface area contributed by atoms with Crippen LogP contribution in [-0.4, -0.2) is 52.6 Å². The fraction of sp³-hybridized carbons (Fsp3) is 0.400. The zero-order chi connectivity index (χ0) is 22.7. The standard InChI is InChI=1S/C10H16FN2O11P3S2.U/c1-10(11,6-13-4-2-8(28)12-9(13)29)7(14)3-5-22-26(18,19)24-27(20,21)23-25(15,16)17;/h2-4,6-7,14H,5H2,1H3,(H,18,19)(H,20,21)(H,12,28,29)(H2,15,16,17);/q-2;+2/t7-,10?;/m0./s1. The molecule has 1 aromatic rings. The van der Waals surface area contributed by atoms with Gasteiger partial charge < -0.3 is 38.8 Å². The Kier molecular flexibility index (Phi) is 12.0. The molecule has 0 aliphatic carbocycles. The van der Waals surface area contributed by atoms with Crippen molar-refractivity contribution in [2.24, 2.45) is 0 Å². The van der Waals surface area contributed by atoms with Crippen molar-refractivity contribution in [2.45, 2.75) is 18.7 Å². The number of nitrogens with zero attached hydrogens (tertiary/aromatic N) is 1. The first-order valence-electron chi connectivity index (χ1n) is 7.09. The maximum absolute atomic E-state index is 14.7. The number of aromatic amines is 1. The van der Waals surface area contributed by atoms with Gasteiger partial charge in [0.15, 0.2) is 0 Å². The van der Waals surface area contributed by atoms with Gasteiger partial charge in [-0.3, -0.25) is 10.8 Å². The van der Waals surface area contributed by atoms with Gasteiger partial charge in [-0.15, -0.1) is 12.2 Å². The van der Waals surface area contributed by atoms with E-state index >= 15 is 0 Å². The van der Waals surface area contributed by atoms with Crippen LogP contribution < -0.4 is 0 Å². The molecular formula is C10H16FN2O11P3S2U. The molecule has 1 aromatic heterocycles. The van der Waals surface area contributed by atoms with E-state index in [0.29, 0.717) is 11.1 Å². The van der Waals surface area contributed by atoms with Gasteiger partial charge in [0.2, 0.25) is 0 Å². The van der Waals surface area contributed by atoms with E-state index < -0.39 is 41.8 Å². The van der Waals surface area contributed by atoms with E-state index in [2.05, 4.69) is 18.1 Å². The number of aliphatic hydroxyl groups is 1. The Bertz CT molecular complexity index is 982. The van der Waals surface area contributed by atoms with Crippen molar-refractivity contribution in [3.8, 4) is 0 Å². The van der Waals surface area contributed by atoms with E-state index in [1.54, 1.807) is 0 Å². The summed E-state index contributed by atoms with van der Waals surface area (Å²) in [5.74, 6) is 0. The maximum Gasteiger partial charge on any atom is 2.00 e. The first-order valence-corrected chi connectivity index (χ1v) is 12.4. The minimum atomic E-state index is -5.67. The molecule has 30 heavy (non-hydrogen) atoms. The average Bonchev–Trinajstić information content (AvgIpc) is 2.45. The van der Waals surface area contributed by atoms with E-state index in [9.17, 15) is 28.1 Å². The predicted octanol–water partition coefficient (Wildman–Crippen LogP) is 1.92. The second-order valence-electron chi connectivity index (χ2n) is 5.37. The number of phosphoric ester groups is 1. The minimum Gasteiger partial charge on any atom is -0.459 e. The minimum absolute atomic E-state index is 0. The summed E-state index contributed by atoms with van der Waals surface area (Å²) in [5.41, 5.74) is -2.46. The molecule has 0 aromatic carbocycles. The Labute approximate surface area is 203 Å². The Morgan fingerprint density at radius 2 is 1.80 bits per heavy atom. The molecule has 20 heteroatoms. The number of aromatic nitrogens is 2. The second kappa shape index (κ2) is 11.7. The summed E-state index contributed by atoms with van der Waals surface area (Å²) >= 11 is 9.78. The third kappa shape index (κ3) is 11.6. The van der Waals surface area contributed by atoms with Crippen LogP contribution in [0, 0.1) is 53.5 Å². The number of hydrogen-bond acceptors (Lipinski definition) is 9. The number of alkyl halides is 1. The molecule has 0 radical (unpaired) electrons. The predicted molar refractivity (Wildman–Crippen MR) is 99.8 cm³/mol. The molecule has 0 spiro atoms. The second-order valence-corrected chi connectivity index (χ2v) is 10.6. The maximum atomic E-state index is 14.7. The van der Waals surface area contributed by atoms with Crippen molar-refractivity contribution in [1.82, 2.24) is 9.55 Å². The molecular weight excluding hydrogens is 738 g/mol. The van der Waals surface area contributed by atoms with Crippen molar-refractivity contribution in [2.75, 3.05) is 6.61 Å². The van der Waals surface area contributed by atoms with Crippen LogP contribution in [0.3, 0.4) is 0 Å². The van der Waals surface area contributed by atoms with Gasteiger partial charge in [-0.25, -0.2) is 13.7 Å². The van der Waals surface area contributed by atoms with Gasteiger partial charge in [-0.05, 0) is 13.0 Å². The summed E-state index contributed by atoms with van der Waals surface area (Å²) in [7, 11) is -16.6. The van der Waals surface area contributed by atoms with Crippen LogP contribution >= 0.6 is 47.9 Å². The summed E-state index contributed by atoms with van der Waals surface area (Å²) in [5, 5.41) is 9.90. The molecule has 170 valence electrons. The molecule has 0 fully saturated rings. The number of aliphatic hydroxyl groups excluding tert-OH is 1. The van der Waals surface area contributed by atoms with Gasteiger partial charge in [-0.2, -0.15) is 8.62 Å². The third-order valence-corrected chi connectivity index (χ3v) is 7.15. The van der Waals surface area contributed by atoms with Crippen molar-refractivity contribution < 1.29 is 87.0 Å². The van der Waals surface area contributed by atoms with Crippen LogP contribution in [0.4, 0.5) is 4.39 Å². The molecule has 0 saturated carbocycles. The van der Waals surface area contributed by atoms with Crippen LogP contribution in [-0.2, 0) is 26.8 Å². The number of halogens is 1. The zero-order valence-electron chi connectivity index (χ0n) is 14.8. The molecule has 13 nitrogen and oxygen atoms in total. The van der Waals surface area contributed by atoms with Crippen LogP contribution in [0.15, 0.2) is 12.3 Å². The molecule has 1 rings (SSSR count). The molecule has 0 saturated heterocycles. The van der Waals surface area contributed by atoms with E-state index in [1.807, 2.05) is 0 Å². The van der Waals surface area contributed by atoms with Crippen molar-refractivity contribution in [1.29, 1.82) is 0 Å². The van der Waals surface area contributed by atoms with E-state index in [1.165, 1.54) is 12.3 Å². The quantitative estimate of drug-likeness (QED) is 0.109. The van der Waals surface area contributed by atoms with Gasteiger partial charge in [0, 0.05) is 0 Å². The number of H-pyrrole nitrogens is 1. The van der Waals surface area contributed by atoms with Crippen molar-refractivity contribution >= 4 is 47.9 Å². The Morgan fingerprint density at radius 3 is 2.30 bits per heavy atom. The van der Waals surface area contributed by atoms with Gasteiger partial charge in [-0.1, -0.05) is 37.6 Å². The molecule has 0 aliphatic heterocycles. The molecule has 0 bridgehead atoms. The number of hydrogen-bond donors (Lipinski definition) is 6. The monoisotopic (exact) mass is 754 g/mol. The average molecular weight is 754 g/mol. The molecule has 6 N–H and O–H groups in total. The summed E-state index contributed by atoms with van der Waals surface area (Å²) in [6, 6.07) is 1.41. The van der Waals surface area contributed by atoms with E-state index in [4.69, 9.17) is 39.1 Å². The smallest absolute Gasteiger partial charge is 0.459 e. The zero-order valence-corrected chi connectivity index (χ0v) is 23.2. The first kappa shape index (κ1) is 30.7. The SMILES string of the molecule is CC(F)([CH-]n1ccc(=S)[nH]c1=S)[C@@H](O)[CH-]COP(=O)(O)OP(=O)(O)OP(=O)(O)O.[U+2]. The Balaban J connectivity index is 0.00000841. The molecule has 3 unspecified atom stereocenters. The fourth-order valence-electron chi connectivity index (χ4n) is 1.64. The topological polar surface area (TPSA) is 201 Å². The molecule has 1 heterocycles. The number of rotatable bonds is 11. The largest absolute Gasteiger partial charge is 2.00 e. The van der Waals surface area contributed by atoms with Gasteiger partial charge in [0.25, 0.3) is 0 Å². The summed E-state index contributed by atoms with van der Waals surface area (Å²) in [4.78, 5) is 37.7. The van der Waals surface area contributed by atoms with Crippen molar-refractivity contribution in [3.63, 3.8) is 0 Å². The van der Waals surface area contributed by atoms with Crippen LogP contribution in [0.1, 0.15) is 6.92 Å². The number of phosphoric acid groups is 3. The summed E-state index contributed by atoms with van der Waals surface area (Å²) in [6.45, 7) is 0.857. The van der Waals surface area contributed by atoms with Gasteiger partial charge >= 0.3 is 54.6 Å². The van der Waals surface area contributed by atoms with E-state index in [-0.39, 0.29) is 35.9 Å². The molecule has 4 atom stereocenters. The van der Waals surface area contributed by atoms with Gasteiger partial charge in [0.1, 0.15) is 0 Å². The number of nitrogens with one attached hydrogen (secondary N) is 1. The third-order valence-electron chi connectivity index (χ3n) is 2.79. The van der Waals surface area contributed by atoms with Crippen molar-refractivity contribution in [3.05, 3.63) is 34.6 Å². The Hall–Kier alpha value is 0.742. The van der Waals surface area contributed by atoms with Crippen LogP contribution in [0.2, 0.25) is 0 Å². The molecule has 0 aliphatic rings. The van der Waals surface area contributed by atoms with Gasteiger partial charge in [0.05, 0.1) is 15.1 Å². The normalized spacial score (nSPS) is 18.9. The van der Waals surface area contributed by atoms with Crippen LogP contribution in [0.5, 0.6) is 0 Å². The molecule has 0 amide bonds.